The molecule has 0 spiro atoms. The third-order valence-corrected chi connectivity index (χ3v) is 6.18. The normalized spacial score (nSPS) is 20.9. The van der Waals surface area contributed by atoms with Crippen molar-refractivity contribution >= 4 is 23.0 Å². The predicted molar refractivity (Wildman–Crippen MR) is 119 cm³/mol. The van der Waals surface area contributed by atoms with Crippen LogP contribution in [0.4, 0.5) is 4.79 Å². The summed E-state index contributed by atoms with van der Waals surface area (Å²) in [5, 5.41) is 6.75. The van der Waals surface area contributed by atoms with Gasteiger partial charge in [0.25, 0.3) is 5.91 Å². The van der Waals surface area contributed by atoms with Gasteiger partial charge in [0.2, 0.25) is 0 Å². The van der Waals surface area contributed by atoms with Crippen LogP contribution in [0.5, 0.6) is 0 Å². The Bertz CT molecular complexity index is 1040. The Morgan fingerprint density at radius 1 is 1.03 bits per heavy atom. The maximum absolute atomic E-state index is 13.0. The van der Waals surface area contributed by atoms with Crippen molar-refractivity contribution in [2.45, 2.75) is 44.1 Å². The molecule has 1 aliphatic rings. The molecule has 1 fully saturated rings. The van der Waals surface area contributed by atoms with Crippen LogP contribution in [0.25, 0.3) is 11.0 Å². The van der Waals surface area contributed by atoms with Crippen molar-refractivity contribution in [3.05, 3.63) is 72.0 Å². The molecule has 31 heavy (non-hydrogen) atoms. The largest absolute Gasteiger partial charge is 0.464 e. The summed E-state index contributed by atoms with van der Waals surface area (Å²) in [6, 6.07) is 17.7. The molecular formula is C25H28N2O4. The van der Waals surface area contributed by atoms with E-state index in [9.17, 15) is 9.59 Å². The Morgan fingerprint density at radius 3 is 2.55 bits per heavy atom. The summed E-state index contributed by atoms with van der Waals surface area (Å²) in [5.41, 5.74) is 2.14. The van der Waals surface area contributed by atoms with E-state index in [4.69, 9.17) is 9.15 Å². The number of carbonyl (C=O) groups is 2. The van der Waals surface area contributed by atoms with Gasteiger partial charge in [0.1, 0.15) is 11.7 Å². The van der Waals surface area contributed by atoms with Gasteiger partial charge in [-0.25, -0.2) is 4.79 Å². The molecule has 1 heterocycles. The quantitative estimate of drug-likeness (QED) is 0.601. The van der Waals surface area contributed by atoms with E-state index in [1.807, 2.05) is 43.3 Å². The van der Waals surface area contributed by atoms with Crippen LogP contribution in [0, 0.1) is 0 Å². The summed E-state index contributed by atoms with van der Waals surface area (Å²) in [7, 11) is 0. The molecule has 1 aliphatic carbocycles. The van der Waals surface area contributed by atoms with Crippen molar-refractivity contribution in [3.63, 3.8) is 0 Å². The number of benzene rings is 2. The van der Waals surface area contributed by atoms with E-state index in [2.05, 4.69) is 22.8 Å². The van der Waals surface area contributed by atoms with E-state index < -0.39 is 0 Å². The molecule has 2 aromatic carbocycles. The monoisotopic (exact) mass is 420 g/mol. The number of nitrogens with one attached hydrogen (secondary N) is 2. The standard InChI is InChI=1S/C25H28N2O4/c1-2-26-24(29)31-20-11-14-25(15-12-20,19-8-4-3-5-9-19)17-27-23(28)21-10-6-7-18-13-16-30-22(18)21/h3-10,13,16,20H,2,11-12,14-15,17H2,1H3,(H,26,29)(H,27,28). The van der Waals surface area contributed by atoms with Crippen LogP contribution in [-0.2, 0) is 10.2 Å². The fourth-order valence-corrected chi connectivity index (χ4v) is 4.47. The third kappa shape index (κ3) is 4.58. The first-order valence-electron chi connectivity index (χ1n) is 10.9. The minimum absolute atomic E-state index is 0.101. The van der Waals surface area contributed by atoms with Gasteiger partial charge in [-0.15, -0.1) is 0 Å². The maximum Gasteiger partial charge on any atom is 0.407 e. The number of amides is 2. The summed E-state index contributed by atoms with van der Waals surface area (Å²) >= 11 is 0. The molecule has 4 rings (SSSR count). The van der Waals surface area contributed by atoms with Gasteiger partial charge in [0, 0.05) is 23.9 Å². The van der Waals surface area contributed by atoms with Crippen LogP contribution in [0.2, 0.25) is 0 Å². The van der Waals surface area contributed by atoms with Crippen LogP contribution in [0.3, 0.4) is 0 Å². The Hall–Kier alpha value is -3.28. The van der Waals surface area contributed by atoms with Crippen molar-refractivity contribution in [2.75, 3.05) is 13.1 Å². The third-order valence-electron chi connectivity index (χ3n) is 6.18. The number of hydrogen-bond acceptors (Lipinski definition) is 4. The van der Waals surface area contributed by atoms with Crippen molar-refractivity contribution < 1.29 is 18.7 Å². The first kappa shape index (κ1) is 21.0. The van der Waals surface area contributed by atoms with E-state index in [0.717, 1.165) is 31.1 Å². The smallest absolute Gasteiger partial charge is 0.407 e. The second-order valence-electron chi connectivity index (χ2n) is 8.11. The zero-order chi connectivity index (χ0) is 21.7. The lowest BCUT2D eigenvalue weighted by atomic mass is 9.68. The minimum atomic E-state index is -0.362. The van der Waals surface area contributed by atoms with Gasteiger partial charge in [0.15, 0.2) is 0 Å². The lowest BCUT2D eigenvalue weighted by Gasteiger charge is -2.40. The number of fused-ring (bicyclic) bond motifs is 1. The molecule has 2 amide bonds. The van der Waals surface area contributed by atoms with E-state index in [1.54, 1.807) is 12.3 Å². The van der Waals surface area contributed by atoms with Gasteiger partial charge in [-0.1, -0.05) is 42.5 Å². The summed E-state index contributed by atoms with van der Waals surface area (Å²) in [6.45, 7) is 2.93. The number of carbonyl (C=O) groups excluding carboxylic acids is 2. The molecular weight excluding hydrogens is 392 g/mol. The van der Waals surface area contributed by atoms with E-state index >= 15 is 0 Å². The molecule has 6 nitrogen and oxygen atoms in total. The number of furan rings is 1. The van der Waals surface area contributed by atoms with Crippen LogP contribution in [0.15, 0.2) is 65.3 Å². The fraction of sp³-hybridized carbons (Fsp3) is 0.360. The van der Waals surface area contributed by atoms with Gasteiger partial charge in [-0.2, -0.15) is 0 Å². The highest BCUT2D eigenvalue weighted by atomic mass is 16.6. The predicted octanol–water partition coefficient (Wildman–Crippen LogP) is 4.79. The first-order chi connectivity index (χ1) is 15.1. The second kappa shape index (κ2) is 9.25. The van der Waals surface area contributed by atoms with Crippen LogP contribution in [-0.4, -0.2) is 31.2 Å². The molecule has 2 N–H and O–H groups in total. The first-order valence-corrected chi connectivity index (χ1v) is 10.9. The molecule has 1 saturated carbocycles. The summed E-state index contributed by atoms with van der Waals surface area (Å²) in [4.78, 5) is 24.8. The zero-order valence-corrected chi connectivity index (χ0v) is 17.7. The molecule has 1 aromatic heterocycles. The van der Waals surface area contributed by atoms with Crippen molar-refractivity contribution in [1.82, 2.24) is 10.6 Å². The summed E-state index contributed by atoms with van der Waals surface area (Å²) in [6.07, 6.45) is 4.31. The molecule has 0 unspecified atom stereocenters. The van der Waals surface area contributed by atoms with Crippen molar-refractivity contribution in [2.24, 2.45) is 0 Å². The number of para-hydroxylation sites is 1. The van der Waals surface area contributed by atoms with Crippen molar-refractivity contribution in [1.29, 1.82) is 0 Å². The van der Waals surface area contributed by atoms with E-state index in [-0.39, 0.29) is 23.5 Å². The Morgan fingerprint density at radius 2 is 1.81 bits per heavy atom. The van der Waals surface area contributed by atoms with Gasteiger partial charge in [-0.05, 0) is 50.3 Å². The molecule has 6 heteroatoms. The van der Waals surface area contributed by atoms with Gasteiger partial charge < -0.3 is 19.8 Å². The molecule has 0 bridgehead atoms. The lowest BCUT2D eigenvalue weighted by Crippen LogP contribution is -2.45. The number of ether oxygens (including phenoxy) is 1. The molecule has 0 aliphatic heterocycles. The fourth-order valence-electron chi connectivity index (χ4n) is 4.47. The Balaban J connectivity index is 1.48. The van der Waals surface area contributed by atoms with Crippen LogP contribution in [0.1, 0.15) is 48.5 Å². The van der Waals surface area contributed by atoms with E-state index in [1.165, 1.54) is 5.56 Å². The summed E-state index contributed by atoms with van der Waals surface area (Å²) < 4.78 is 11.1. The molecule has 162 valence electrons. The minimum Gasteiger partial charge on any atom is -0.464 e. The van der Waals surface area contributed by atoms with Gasteiger partial charge in [-0.3, -0.25) is 4.79 Å². The second-order valence-corrected chi connectivity index (χ2v) is 8.11. The topological polar surface area (TPSA) is 80.6 Å². The molecule has 0 saturated heterocycles. The highest BCUT2D eigenvalue weighted by molar-refractivity contribution is 6.04. The average molecular weight is 421 g/mol. The maximum atomic E-state index is 13.0. The SMILES string of the molecule is CCNC(=O)OC1CCC(CNC(=O)c2cccc3ccoc23)(c2ccccc2)CC1. The number of hydrogen-bond donors (Lipinski definition) is 2. The molecule has 3 aromatic rings. The van der Waals surface area contributed by atoms with Crippen molar-refractivity contribution in [3.8, 4) is 0 Å². The van der Waals surface area contributed by atoms with E-state index in [0.29, 0.717) is 24.2 Å². The average Bonchev–Trinajstić information content (AvgIpc) is 3.28. The molecule has 0 radical (unpaired) electrons. The highest BCUT2D eigenvalue weighted by Crippen LogP contribution is 2.40. The highest BCUT2D eigenvalue weighted by Gasteiger charge is 2.38. The van der Waals surface area contributed by atoms with Gasteiger partial charge in [0.05, 0.1) is 11.8 Å². The van der Waals surface area contributed by atoms with Crippen LogP contribution >= 0.6 is 0 Å². The summed E-state index contributed by atoms with van der Waals surface area (Å²) in [5.74, 6) is -0.142. The van der Waals surface area contributed by atoms with Crippen LogP contribution < -0.4 is 10.6 Å². The molecule has 0 atom stereocenters. The lowest BCUT2D eigenvalue weighted by molar-refractivity contribution is 0.0568. The Labute approximate surface area is 182 Å². The number of alkyl carbamates (subject to hydrolysis) is 1. The number of rotatable bonds is 6. The van der Waals surface area contributed by atoms with Gasteiger partial charge >= 0.3 is 6.09 Å². The Kier molecular flexibility index (Phi) is 6.26. The zero-order valence-electron chi connectivity index (χ0n) is 17.7.